The van der Waals surface area contributed by atoms with E-state index in [4.69, 9.17) is 9.84 Å². The molecule has 0 unspecified atom stereocenters. The Balaban J connectivity index is 1.92. The first-order chi connectivity index (χ1) is 8.85. The average Bonchev–Trinajstić information content (AvgIpc) is 2.45. The molecule has 2 rings (SSSR count). The van der Waals surface area contributed by atoms with Gasteiger partial charge in [-0.2, -0.15) is 0 Å². The third-order valence-electron chi connectivity index (χ3n) is 3.29. The molecular formula is C13H20N2O3. The number of rotatable bonds is 5. The summed E-state index contributed by atoms with van der Waals surface area (Å²) >= 11 is 0. The lowest BCUT2D eigenvalue weighted by molar-refractivity contribution is 0.0158. The number of anilines is 1. The van der Waals surface area contributed by atoms with Crippen LogP contribution >= 0.6 is 0 Å². The molecule has 2 N–H and O–H groups in total. The van der Waals surface area contributed by atoms with Gasteiger partial charge in [-0.25, -0.2) is 0 Å². The van der Waals surface area contributed by atoms with E-state index in [-0.39, 0.29) is 19.3 Å². The number of hydrogen-bond acceptors (Lipinski definition) is 5. The maximum atomic E-state index is 9.31. The molecule has 1 aromatic rings. The summed E-state index contributed by atoms with van der Waals surface area (Å²) in [4.78, 5) is 6.35. The second kappa shape index (κ2) is 6.68. The molecule has 5 heteroatoms. The summed E-state index contributed by atoms with van der Waals surface area (Å²) in [6.45, 7) is 2.33. The van der Waals surface area contributed by atoms with Crippen molar-refractivity contribution in [1.29, 1.82) is 0 Å². The van der Waals surface area contributed by atoms with E-state index in [0.717, 1.165) is 37.2 Å². The fraction of sp³-hybridized carbons (Fsp3) is 0.615. The summed E-state index contributed by atoms with van der Waals surface area (Å²) in [5, 5.41) is 18.0. The van der Waals surface area contributed by atoms with Gasteiger partial charge in [0, 0.05) is 24.8 Å². The Hall–Kier alpha value is -1.17. The van der Waals surface area contributed by atoms with E-state index in [9.17, 15) is 5.11 Å². The Morgan fingerprint density at radius 2 is 2.11 bits per heavy atom. The number of hydrogen-bond donors (Lipinski definition) is 2. The van der Waals surface area contributed by atoms with Crippen molar-refractivity contribution in [3.8, 4) is 0 Å². The largest absolute Gasteiger partial charge is 0.394 e. The van der Waals surface area contributed by atoms with Gasteiger partial charge in [0.05, 0.1) is 37.8 Å². The Kier molecular flexibility index (Phi) is 4.92. The standard InChI is InChI=1S/C13H20N2O3/c16-7-8-18-12-2-5-15(6-3-12)13-9-14-4-1-11(13)10-17/h1,4,9,12,16-17H,2-3,5-8,10H2. The lowest BCUT2D eigenvalue weighted by atomic mass is 10.1. The fourth-order valence-electron chi connectivity index (χ4n) is 2.32. The lowest BCUT2D eigenvalue weighted by Crippen LogP contribution is -2.37. The molecular weight excluding hydrogens is 232 g/mol. The molecule has 1 fully saturated rings. The first-order valence-electron chi connectivity index (χ1n) is 6.36. The van der Waals surface area contributed by atoms with Gasteiger partial charge >= 0.3 is 0 Å². The highest BCUT2D eigenvalue weighted by atomic mass is 16.5. The SMILES string of the molecule is OCCOC1CCN(c2cnccc2CO)CC1. The van der Waals surface area contributed by atoms with E-state index in [1.54, 1.807) is 12.4 Å². The molecule has 0 amide bonds. The molecule has 18 heavy (non-hydrogen) atoms. The molecule has 0 aliphatic carbocycles. The summed E-state index contributed by atoms with van der Waals surface area (Å²) in [6.07, 6.45) is 5.63. The molecule has 0 radical (unpaired) electrons. The number of aliphatic hydroxyl groups is 2. The molecule has 2 heterocycles. The van der Waals surface area contributed by atoms with Crippen LogP contribution in [0.1, 0.15) is 18.4 Å². The van der Waals surface area contributed by atoms with Crippen molar-refractivity contribution in [3.63, 3.8) is 0 Å². The van der Waals surface area contributed by atoms with Gasteiger partial charge < -0.3 is 19.8 Å². The Morgan fingerprint density at radius 1 is 1.33 bits per heavy atom. The van der Waals surface area contributed by atoms with E-state index in [1.165, 1.54) is 0 Å². The molecule has 100 valence electrons. The zero-order valence-corrected chi connectivity index (χ0v) is 10.5. The van der Waals surface area contributed by atoms with Gasteiger partial charge in [-0.05, 0) is 18.9 Å². The quantitative estimate of drug-likeness (QED) is 0.801. The van der Waals surface area contributed by atoms with Crippen molar-refractivity contribution in [1.82, 2.24) is 4.98 Å². The number of ether oxygens (including phenoxy) is 1. The van der Waals surface area contributed by atoms with Gasteiger partial charge in [0.1, 0.15) is 0 Å². The zero-order chi connectivity index (χ0) is 12.8. The highest BCUT2D eigenvalue weighted by molar-refractivity contribution is 5.51. The van der Waals surface area contributed by atoms with Gasteiger partial charge in [0.15, 0.2) is 0 Å². The predicted molar refractivity (Wildman–Crippen MR) is 68.4 cm³/mol. The van der Waals surface area contributed by atoms with Crippen molar-refractivity contribution in [2.75, 3.05) is 31.2 Å². The van der Waals surface area contributed by atoms with E-state index in [2.05, 4.69) is 9.88 Å². The summed E-state index contributed by atoms with van der Waals surface area (Å²) in [5.74, 6) is 0. The Morgan fingerprint density at radius 3 is 2.78 bits per heavy atom. The minimum Gasteiger partial charge on any atom is -0.394 e. The monoisotopic (exact) mass is 252 g/mol. The normalized spacial score (nSPS) is 17.1. The molecule has 1 aromatic heterocycles. The minimum absolute atomic E-state index is 0.0405. The summed E-state index contributed by atoms with van der Waals surface area (Å²) in [7, 11) is 0. The van der Waals surface area contributed by atoms with Crippen LogP contribution in [0.15, 0.2) is 18.5 Å². The third-order valence-corrected chi connectivity index (χ3v) is 3.29. The van der Waals surface area contributed by atoms with Crippen LogP contribution in [0.2, 0.25) is 0 Å². The smallest absolute Gasteiger partial charge is 0.0703 e. The molecule has 1 saturated heterocycles. The van der Waals surface area contributed by atoms with Gasteiger partial charge in [-0.15, -0.1) is 0 Å². The second-order valence-electron chi connectivity index (χ2n) is 4.44. The topological polar surface area (TPSA) is 65.8 Å². The number of aromatic nitrogens is 1. The number of aliphatic hydroxyl groups excluding tert-OH is 2. The second-order valence-corrected chi connectivity index (χ2v) is 4.44. The molecule has 1 aliphatic rings. The van der Waals surface area contributed by atoms with E-state index in [0.29, 0.717) is 6.61 Å². The highest BCUT2D eigenvalue weighted by Gasteiger charge is 2.21. The average molecular weight is 252 g/mol. The zero-order valence-electron chi connectivity index (χ0n) is 10.5. The number of nitrogens with zero attached hydrogens (tertiary/aromatic N) is 2. The molecule has 0 atom stereocenters. The van der Waals surface area contributed by atoms with E-state index < -0.39 is 0 Å². The highest BCUT2D eigenvalue weighted by Crippen LogP contribution is 2.24. The maximum Gasteiger partial charge on any atom is 0.0703 e. The van der Waals surface area contributed by atoms with Crippen LogP contribution in [0.25, 0.3) is 0 Å². The molecule has 0 bridgehead atoms. The van der Waals surface area contributed by atoms with Crippen molar-refractivity contribution in [2.45, 2.75) is 25.6 Å². The lowest BCUT2D eigenvalue weighted by Gasteiger charge is -2.34. The van der Waals surface area contributed by atoms with Crippen molar-refractivity contribution in [3.05, 3.63) is 24.0 Å². The number of piperidine rings is 1. The predicted octanol–water partition coefficient (Wildman–Crippen LogP) is 0.552. The fourth-order valence-corrected chi connectivity index (χ4v) is 2.32. The van der Waals surface area contributed by atoms with Crippen LogP contribution in [0, 0.1) is 0 Å². The van der Waals surface area contributed by atoms with Crippen molar-refractivity contribution < 1.29 is 14.9 Å². The summed E-state index contributed by atoms with van der Waals surface area (Å²) in [5.41, 5.74) is 1.93. The Labute approximate surface area is 107 Å². The first-order valence-corrected chi connectivity index (χ1v) is 6.36. The van der Waals surface area contributed by atoms with E-state index in [1.807, 2.05) is 6.07 Å². The summed E-state index contributed by atoms with van der Waals surface area (Å²) in [6, 6.07) is 1.85. The molecule has 5 nitrogen and oxygen atoms in total. The maximum absolute atomic E-state index is 9.31. The van der Waals surface area contributed by atoms with Gasteiger partial charge in [-0.1, -0.05) is 0 Å². The van der Waals surface area contributed by atoms with Crippen LogP contribution in [-0.4, -0.2) is 47.6 Å². The van der Waals surface area contributed by atoms with Gasteiger partial charge in [0.25, 0.3) is 0 Å². The van der Waals surface area contributed by atoms with Crippen LogP contribution in [0.5, 0.6) is 0 Å². The van der Waals surface area contributed by atoms with Crippen molar-refractivity contribution in [2.24, 2.45) is 0 Å². The van der Waals surface area contributed by atoms with Gasteiger partial charge in [0.2, 0.25) is 0 Å². The van der Waals surface area contributed by atoms with Crippen molar-refractivity contribution >= 4 is 5.69 Å². The van der Waals surface area contributed by atoms with Crippen LogP contribution < -0.4 is 4.90 Å². The summed E-state index contributed by atoms with van der Waals surface area (Å²) < 4.78 is 5.53. The van der Waals surface area contributed by atoms with E-state index >= 15 is 0 Å². The molecule has 0 saturated carbocycles. The van der Waals surface area contributed by atoms with Gasteiger partial charge in [-0.3, -0.25) is 4.98 Å². The third kappa shape index (κ3) is 3.19. The van der Waals surface area contributed by atoms with Crippen LogP contribution in [-0.2, 0) is 11.3 Å². The van der Waals surface area contributed by atoms with Crippen LogP contribution in [0.4, 0.5) is 5.69 Å². The molecule has 0 spiro atoms. The molecule has 0 aromatic carbocycles. The molecule has 1 aliphatic heterocycles. The first kappa shape index (κ1) is 13.3. The number of pyridine rings is 1. The Bertz CT molecular complexity index is 365. The van der Waals surface area contributed by atoms with Crippen LogP contribution in [0.3, 0.4) is 0 Å². The minimum atomic E-state index is 0.0405.